The van der Waals surface area contributed by atoms with Gasteiger partial charge in [0.2, 0.25) is 0 Å². The molecule has 0 unspecified atom stereocenters. The lowest BCUT2D eigenvalue weighted by Crippen LogP contribution is -2.08. The number of anilines is 1. The zero-order valence-corrected chi connectivity index (χ0v) is 20.5. The highest BCUT2D eigenvalue weighted by atomic mass is 16.5. The van der Waals surface area contributed by atoms with Gasteiger partial charge in [-0.1, -0.05) is 31.1 Å². The molecule has 0 bridgehead atoms. The number of hydrogen-bond acceptors (Lipinski definition) is 6. The second-order valence-electron chi connectivity index (χ2n) is 9.52. The SMILES string of the molecule is CC(C)c1cc(-c2nnc(Oc3cccc(N(C)C)c3)n2-c2ccc3c(c2)CCC3)c(O)cc1O. The number of phenols is 2. The first-order chi connectivity index (χ1) is 16.8. The van der Waals surface area contributed by atoms with Crippen molar-refractivity contribution in [3.05, 3.63) is 71.3 Å². The number of aromatic nitrogens is 3. The van der Waals surface area contributed by atoms with Crippen LogP contribution in [-0.2, 0) is 12.8 Å². The number of nitrogens with zero attached hydrogens (tertiary/aromatic N) is 4. The molecule has 1 aliphatic carbocycles. The van der Waals surface area contributed by atoms with Gasteiger partial charge < -0.3 is 19.8 Å². The third kappa shape index (κ3) is 4.30. The van der Waals surface area contributed by atoms with Gasteiger partial charge in [0.1, 0.15) is 17.2 Å². The highest BCUT2D eigenvalue weighted by Crippen LogP contribution is 2.40. The molecule has 0 aliphatic heterocycles. The molecule has 0 atom stereocenters. The summed E-state index contributed by atoms with van der Waals surface area (Å²) < 4.78 is 8.08. The quantitative estimate of drug-likeness (QED) is 0.370. The standard InChI is InChI=1S/C28H30N4O3/c1-17(2)23-15-24(26(34)16-25(23)33)27-29-30-28(35-22-10-6-9-20(14-22)31(3)4)32(27)21-12-11-18-7-5-8-19(18)13-21/h6,9-17,33-34H,5,7-8H2,1-4H3. The van der Waals surface area contributed by atoms with E-state index in [0.29, 0.717) is 23.1 Å². The number of phenolic OH excluding ortho intramolecular Hbond substituents is 2. The van der Waals surface area contributed by atoms with E-state index in [4.69, 9.17) is 4.74 Å². The maximum Gasteiger partial charge on any atom is 0.327 e. The molecule has 0 saturated heterocycles. The molecule has 0 radical (unpaired) electrons. The average Bonchev–Trinajstić information content (AvgIpc) is 3.45. The van der Waals surface area contributed by atoms with E-state index in [2.05, 4.69) is 22.3 Å². The van der Waals surface area contributed by atoms with E-state index in [1.165, 1.54) is 17.2 Å². The zero-order valence-electron chi connectivity index (χ0n) is 20.5. The fourth-order valence-corrected chi connectivity index (χ4v) is 4.61. The lowest BCUT2D eigenvalue weighted by Gasteiger charge is -2.16. The Morgan fingerprint density at radius 3 is 2.49 bits per heavy atom. The predicted molar refractivity (Wildman–Crippen MR) is 137 cm³/mol. The van der Waals surface area contributed by atoms with Crippen LogP contribution in [0.2, 0.25) is 0 Å². The monoisotopic (exact) mass is 470 g/mol. The van der Waals surface area contributed by atoms with Gasteiger partial charge in [0.25, 0.3) is 0 Å². The number of hydrogen-bond donors (Lipinski definition) is 2. The average molecular weight is 471 g/mol. The highest BCUT2D eigenvalue weighted by molar-refractivity contribution is 5.70. The smallest absolute Gasteiger partial charge is 0.327 e. The fourth-order valence-electron chi connectivity index (χ4n) is 4.61. The van der Waals surface area contributed by atoms with Crippen molar-refractivity contribution in [2.45, 2.75) is 39.0 Å². The number of fused-ring (bicyclic) bond motifs is 1. The van der Waals surface area contributed by atoms with Crippen molar-refractivity contribution < 1.29 is 14.9 Å². The van der Waals surface area contributed by atoms with Gasteiger partial charge in [-0.15, -0.1) is 5.10 Å². The van der Waals surface area contributed by atoms with E-state index in [0.717, 1.165) is 36.2 Å². The molecule has 1 aliphatic rings. The van der Waals surface area contributed by atoms with Crippen molar-refractivity contribution in [1.82, 2.24) is 14.8 Å². The van der Waals surface area contributed by atoms with Gasteiger partial charge in [-0.2, -0.15) is 0 Å². The molecule has 2 N–H and O–H groups in total. The van der Waals surface area contributed by atoms with Crippen molar-refractivity contribution >= 4 is 5.69 Å². The maximum absolute atomic E-state index is 10.8. The minimum atomic E-state index is -0.0668. The largest absolute Gasteiger partial charge is 0.508 e. The van der Waals surface area contributed by atoms with Gasteiger partial charge in [0.05, 0.1) is 11.3 Å². The number of ether oxygens (including phenoxy) is 1. The molecular weight excluding hydrogens is 440 g/mol. The van der Waals surface area contributed by atoms with Crippen molar-refractivity contribution in [1.29, 1.82) is 0 Å². The Kier molecular flexibility index (Phi) is 5.84. The van der Waals surface area contributed by atoms with Crippen molar-refractivity contribution in [3.63, 3.8) is 0 Å². The van der Waals surface area contributed by atoms with E-state index in [9.17, 15) is 10.2 Å². The third-order valence-corrected chi connectivity index (χ3v) is 6.52. The summed E-state index contributed by atoms with van der Waals surface area (Å²) in [5, 5.41) is 30.0. The molecule has 0 saturated carbocycles. The molecule has 35 heavy (non-hydrogen) atoms. The molecule has 5 rings (SSSR count). The van der Waals surface area contributed by atoms with Gasteiger partial charge in [-0.05, 0) is 72.2 Å². The first-order valence-corrected chi connectivity index (χ1v) is 11.9. The van der Waals surface area contributed by atoms with Crippen LogP contribution >= 0.6 is 0 Å². The highest BCUT2D eigenvalue weighted by Gasteiger charge is 2.23. The van der Waals surface area contributed by atoms with Crippen LogP contribution in [0, 0.1) is 0 Å². The summed E-state index contributed by atoms with van der Waals surface area (Å²) in [4.78, 5) is 2.01. The Hall–Kier alpha value is -4.00. The summed E-state index contributed by atoms with van der Waals surface area (Å²) in [6.45, 7) is 3.99. The minimum absolute atomic E-state index is 0.0572. The van der Waals surface area contributed by atoms with Gasteiger partial charge in [-0.3, -0.25) is 0 Å². The van der Waals surface area contributed by atoms with E-state index in [1.54, 1.807) is 6.07 Å². The van der Waals surface area contributed by atoms with Crippen molar-refractivity contribution in [3.8, 4) is 40.3 Å². The number of aromatic hydroxyl groups is 2. The summed E-state index contributed by atoms with van der Waals surface area (Å²) in [6, 6.07) is 17.5. The summed E-state index contributed by atoms with van der Waals surface area (Å²) in [7, 11) is 3.95. The summed E-state index contributed by atoms with van der Waals surface area (Å²) in [5.41, 5.74) is 5.74. The fraction of sp³-hybridized carbons (Fsp3) is 0.286. The Morgan fingerprint density at radius 2 is 1.71 bits per heavy atom. The third-order valence-electron chi connectivity index (χ3n) is 6.52. The van der Waals surface area contributed by atoms with Crippen LogP contribution in [0.25, 0.3) is 17.1 Å². The predicted octanol–water partition coefficient (Wildman–Crippen LogP) is 5.82. The van der Waals surface area contributed by atoms with E-state index in [1.807, 2.05) is 67.7 Å². The summed E-state index contributed by atoms with van der Waals surface area (Å²) in [6.07, 6.45) is 3.26. The van der Waals surface area contributed by atoms with Crippen LogP contribution in [0.3, 0.4) is 0 Å². The molecule has 3 aromatic carbocycles. The lowest BCUT2D eigenvalue weighted by atomic mass is 9.98. The molecule has 4 aromatic rings. The topological polar surface area (TPSA) is 83.6 Å². The van der Waals surface area contributed by atoms with Crippen LogP contribution in [0.1, 0.15) is 42.9 Å². The normalized spacial score (nSPS) is 12.7. The summed E-state index contributed by atoms with van der Waals surface area (Å²) in [5.74, 6) is 1.14. The minimum Gasteiger partial charge on any atom is -0.508 e. The van der Waals surface area contributed by atoms with Gasteiger partial charge in [-0.25, -0.2) is 4.57 Å². The molecule has 180 valence electrons. The molecule has 7 nitrogen and oxygen atoms in total. The van der Waals surface area contributed by atoms with E-state index >= 15 is 0 Å². The second kappa shape index (κ2) is 8.98. The van der Waals surface area contributed by atoms with E-state index < -0.39 is 0 Å². The number of benzene rings is 3. The van der Waals surface area contributed by atoms with Crippen molar-refractivity contribution in [2.24, 2.45) is 0 Å². The Labute approximate surface area is 205 Å². The molecule has 0 spiro atoms. The second-order valence-corrected chi connectivity index (χ2v) is 9.52. The van der Waals surface area contributed by atoms with Crippen LogP contribution < -0.4 is 9.64 Å². The van der Waals surface area contributed by atoms with Crippen LogP contribution in [0.5, 0.6) is 23.3 Å². The van der Waals surface area contributed by atoms with Gasteiger partial charge in [0, 0.05) is 31.9 Å². The number of rotatable bonds is 6. The molecule has 0 fully saturated rings. The Bertz CT molecular complexity index is 1390. The van der Waals surface area contributed by atoms with Crippen LogP contribution in [0.4, 0.5) is 5.69 Å². The molecule has 1 heterocycles. The van der Waals surface area contributed by atoms with Gasteiger partial charge in [0.15, 0.2) is 5.82 Å². The first kappa shape index (κ1) is 22.8. The number of aryl methyl sites for hydroxylation is 2. The van der Waals surface area contributed by atoms with Crippen molar-refractivity contribution in [2.75, 3.05) is 19.0 Å². The first-order valence-electron chi connectivity index (χ1n) is 11.9. The Balaban J connectivity index is 1.67. The van der Waals surface area contributed by atoms with Crippen LogP contribution in [-0.4, -0.2) is 39.1 Å². The van der Waals surface area contributed by atoms with Gasteiger partial charge >= 0.3 is 6.01 Å². The van der Waals surface area contributed by atoms with Crippen LogP contribution in [0.15, 0.2) is 54.6 Å². The molecule has 7 heteroatoms. The molecular formula is C28H30N4O3. The lowest BCUT2D eigenvalue weighted by molar-refractivity contribution is 0.432. The maximum atomic E-state index is 10.8. The Morgan fingerprint density at radius 1 is 0.914 bits per heavy atom. The summed E-state index contributed by atoms with van der Waals surface area (Å²) >= 11 is 0. The zero-order chi connectivity index (χ0) is 24.7. The molecule has 0 amide bonds. The molecule has 1 aromatic heterocycles. The van der Waals surface area contributed by atoms with E-state index in [-0.39, 0.29) is 17.4 Å².